The molecule has 1 amide bonds. The summed E-state index contributed by atoms with van der Waals surface area (Å²) in [5.74, 6) is -0.589. The second kappa shape index (κ2) is 8.90. The third kappa shape index (κ3) is 4.56. The molecule has 156 valence electrons. The summed E-state index contributed by atoms with van der Waals surface area (Å²) in [5.41, 5.74) is 1.60. The maximum absolute atomic E-state index is 13.2. The predicted octanol–water partition coefficient (Wildman–Crippen LogP) is 2.59. The van der Waals surface area contributed by atoms with E-state index in [-0.39, 0.29) is 18.3 Å². The van der Waals surface area contributed by atoms with Crippen molar-refractivity contribution in [1.29, 1.82) is 0 Å². The van der Waals surface area contributed by atoms with Crippen LogP contribution in [0.15, 0.2) is 58.1 Å². The predicted molar refractivity (Wildman–Crippen MR) is 116 cm³/mol. The number of aryl methyl sites for hydroxylation is 2. The molecule has 0 aliphatic rings. The zero-order chi connectivity index (χ0) is 21.8. The van der Waals surface area contributed by atoms with Gasteiger partial charge in [0, 0.05) is 6.04 Å². The lowest BCUT2D eigenvalue weighted by Crippen LogP contribution is -2.47. The molecule has 2 aromatic carbocycles. The number of hydrogen-bond donors (Lipinski definition) is 1. The Hall–Kier alpha value is -3.48. The van der Waals surface area contributed by atoms with Crippen molar-refractivity contribution in [2.75, 3.05) is 0 Å². The number of hydrogen-bond acceptors (Lipinski definition) is 4. The van der Waals surface area contributed by atoms with Gasteiger partial charge in [0.15, 0.2) is 0 Å². The minimum absolute atomic E-state index is 0.0510. The largest absolute Gasteiger partial charge is 0.352 e. The molecule has 0 aliphatic carbocycles. The Morgan fingerprint density at radius 1 is 1.07 bits per heavy atom. The Morgan fingerprint density at radius 2 is 1.70 bits per heavy atom. The van der Waals surface area contributed by atoms with E-state index in [0.29, 0.717) is 12.1 Å². The highest BCUT2D eigenvalue weighted by atomic mass is 16.2. The summed E-state index contributed by atoms with van der Waals surface area (Å²) < 4.78 is 2.20. The van der Waals surface area contributed by atoms with E-state index in [1.54, 1.807) is 12.1 Å². The minimum atomic E-state index is -0.703. The summed E-state index contributed by atoms with van der Waals surface area (Å²) in [5, 5.41) is 6.94. The second-order valence-corrected chi connectivity index (χ2v) is 7.55. The molecule has 3 aromatic rings. The first kappa shape index (κ1) is 21.2. The van der Waals surface area contributed by atoms with Gasteiger partial charge in [0.05, 0.1) is 12.2 Å². The van der Waals surface area contributed by atoms with Gasteiger partial charge in [0.2, 0.25) is 5.69 Å². The lowest BCUT2D eigenvalue weighted by Gasteiger charge is -2.15. The molecule has 7 nitrogen and oxygen atoms in total. The molecule has 0 aliphatic heterocycles. The second-order valence-electron chi connectivity index (χ2n) is 7.55. The number of benzene rings is 2. The monoisotopic (exact) mass is 406 g/mol. The van der Waals surface area contributed by atoms with Crippen molar-refractivity contribution >= 4 is 5.91 Å². The smallest absolute Gasteiger partial charge is 0.348 e. The number of carbonyl (C=O) groups excluding carboxylic acids is 1. The van der Waals surface area contributed by atoms with E-state index < -0.39 is 17.2 Å². The molecule has 1 heterocycles. The molecule has 1 unspecified atom stereocenters. The number of nitrogens with one attached hydrogen (secondary N) is 1. The highest BCUT2D eigenvalue weighted by Gasteiger charge is 2.21. The molecule has 3 rings (SSSR count). The molecule has 1 N–H and O–H groups in total. The van der Waals surface area contributed by atoms with Gasteiger partial charge < -0.3 is 5.32 Å². The van der Waals surface area contributed by atoms with Crippen LogP contribution in [0.3, 0.4) is 0 Å². The quantitative estimate of drug-likeness (QED) is 0.682. The highest BCUT2D eigenvalue weighted by molar-refractivity contribution is 5.91. The number of rotatable bonds is 6. The molecular weight excluding hydrogens is 380 g/mol. The van der Waals surface area contributed by atoms with Crippen molar-refractivity contribution < 1.29 is 4.79 Å². The fraction of sp³-hybridized carbons (Fsp3) is 0.304. The molecular formula is C23H26N4O3. The maximum atomic E-state index is 13.2. The molecule has 0 radical (unpaired) electrons. The van der Waals surface area contributed by atoms with Gasteiger partial charge in [-0.2, -0.15) is 9.78 Å². The Balaban J connectivity index is 2.22. The van der Waals surface area contributed by atoms with Crippen LogP contribution in [0.2, 0.25) is 0 Å². The Labute approximate surface area is 175 Å². The van der Waals surface area contributed by atoms with E-state index in [2.05, 4.69) is 10.4 Å². The Morgan fingerprint density at radius 3 is 2.30 bits per heavy atom. The van der Waals surface area contributed by atoms with E-state index in [1.807, 2.05) is 64.1 Å². The fourth-order valence-corrected chi connectivity index (χ4v) is 3.20. The zero-order valence-corrected chi connectivity index (χ0v) is 17.7. The van der Waals surface area contributed by atoms with Crippen LogP contribution in [-0.4, -0.2) is 26.3 Å². The lowest BCUT2D eigenvalue weighted by atomic mass is 10.1. The topological polar surface area (TPSA) is 86.0 Å². The van der Waals surface area contributed by atoms with Gasteiger partial charge >= 0.3 is 5.69 Å². The highest BCUT2D eigenvalue weighted by Crippen LogP contribution is 2.11. The van der Waals surface area contributed by atoms with Crippen LogP contribution in [0.25, 0.3) is 5.69 Å². The van der Waals surface area contributed by atoms with E-state index in [0.717, 1.165) is 25.9 Å². The van der Waals surface area contributed by atoms with Crippen molar-refractivity contribution in [3.8, 4) is 5.69 Å². The van der Waals surface area contributed by atoms with Crippen LogP contribution in [0, 0.1) is 13.8 Å². The van der Waals surface area contributed by atoms with E-state index in [9.17, 15) is 14.4 Å². The first-order valence-corrected chi connectivity index (χ1v) is 9.97. The molecule has 30 heavy (non-hydrogen) atoms. The van der Waals surface area contributed by atoms with Gasteiger partial charge in [-0.25, -0.2) is 4.79 Å². The maximum Gasteiger partial charge on any atom is 0.352 e. The van der Waals surface area contributed by atoms with Gasteiger partial charge in [-0.05, 0) is 56.0 Å². The molecule has 0 saturated carbocycles. The van der Waals surface area contributed by atoms with Crippen molar-refractivity contribution in [3.05, 3.63) is 91.8 Å². The first-order valence-electron chi connectivity index (χ1n) is 9.97. The normalized spacial score (nSPS) is 11.9. The van der Waals surface area contributed by atoms with Crippen LogP contribution in [0.5, 0.6) is 0 Å². The average Bonchev–Trinajstić information content (AvgIpc) is 2.71. The van der Waals surface area contributed by atoms with Gasteiger partial charge in [-0.15, -0.1) is 0 Å². The average molecular weight is 406 g/mol. The molecule has 7 heteroatoms. The summed E-state index contributed by atoms with van der Waals surface area (Å²) in [7, 11) is 0. The summed E-state index contributed by atoms with van der Waals surface area (Å²) in [6.45, 7) is 7.66. The number of aromatic nitrogens is 3. The van der Waals surface area contributed by atoms with Crippen LogP contribution in [-0.2, 0) is 6.54 Å². The van der Waals surface area contributed by atoms with Gasteiger partial charge in [-0.3, -0.25) is 14.2 Å². The van der Waals surface area contributed by atoms with Crippen molar-refractivity contribution in [1.82, 2.24) is 19.7 Å². The minimum Gasteiger partial charge on any atom is -0.348 e. The molecule has 0 bridgehead atoms. The summed E-state index contributed by atoms with van der Waals surface area (Å²) in [6.07, 6.45) is 0.709. The third-order valence-electron chi connectivity index (χ3n) is 4.90. The lowest BCUT2D eigenvalue weighted by molar-refractivity contribution is 0.0929. The molecule has 0 saturated heterocycles. The first-order chi connectivity index (χ1) is 14.3. The van der Waals surface area contributed by atoms with Crippen LogP contribution in [0.1, 0.15) is 47.4 Å². The molecule has 0 spiro atoms. The van der Waals surface area contributed by atoms with Gasteiger partial charge in [0.1, 0.15) is 0 Å². The van der Waals surface area contributed by atoms with Crippen molar-refractivity contribution in [3.63, 3.8) is 0 Å². The Bertz CT molecular complexity index is 1160. The number of nitrogens with zero attached hydrogens (tertiary/aromatic N) is 3. The van der Waals surface area contributed by atoms with Gasteiger partial charge in [0.25, 0.3) is 11.5 Å². The van der Waals surface area contributed by atoms with E-state index >= 15 is 0 Å². The van der Waals surface area contributed by atoms with Crippen LogP contribution < -0.4 is 16.6 Å². The summed E-state index contributed by atoms with van der Waals surface area (Å²) in [4.78, 5) is 39.0. The standard InChI is InChI=1S/C23H26N4O3/c1-5-17(4)24-21(28)20-22(29)26(14-18-9-7-6-8-10-18)23(30)27(25-20)19-12-15(2)11-16(3)13-19/h6-13,17H,5,14H2,1-4H3,(H,24,28). The number of carbonyl (C=O) groups is 1. The molecule has 1 aromatic heterocycles. The third-order valence-corrected chi connectivity index (χ3v) is 4.90. The van der Waals surface area contributed by atoms with Crippen LogP contribution >= 0.6 is 0 Å². The number of amides is 1. The summed E-state index contributed by atoms with van der Waals surface area (Å²) in [6, 6.07) is 14.6. The Kier molecular flexibility index (Phi) is 6.30. The van der Waals surface area contributed by atoms with Crippen LogP contribution in [0.4, 0.5) is 0 Å². The molecule has 1 atom stereocenters. The fourth-order valence-electron chi connectivity index (χ4n) is 3.20. The van der Waals surface area contributed by atoms with E-state index in [1.165, 1.54) is 0 Å². The van der Waals surface area contributed by atoms with Crippen molar-refractivity contribution in [2.24, 2.45) is 0 Å². The molecule has 0 fully saturated rings. The summed E-state index contributed by atoms with van der Waals surface area (Å²) >= 11 is 0. The zero-order valence-electron chi connectivity index (χ0n) is 17.7. The van der Waals surface area contributed by atoms with E-state index in [4.69, 9.17) is 0 Å². The van der Waals surface area contributed by atoms with Gasteiger partial charge in [-0.1, -0.05) is 43.3 Å². The SMILES string of the molecule is CCC(C)NC(=O)c1nn(-c2cc(C)cc(C)c2)c(=O)n(Cc2ccccc2)c1=O. The van der Waals surface area contributed by atoms with Crippen molar-refractivity contribution in [2.45, 2.75) is 46.7 Å².